The maximum Gasteiger partial charge on any atom is 0.339 e. The Morgan fingerprint density at radius 3 is 2.65 bits per heavy atom. The number of imide groups is 1. The summed E-state index contributed by atoms with van der Waals surface area (Å²) in [5.41, 5.74) is 1.59. The van der Waals surface area contributed by atoms with Crippen LogP contribution in [-0.4, -0.2) is 34.0 Å². The molecule has 1 saturated heterocycles. The molecule has 3 N–H and O–H groups in total. The minimum Gasteiger partial charge on any atom is -0.507 e. The van der Waals surface area contributed by atoms with Crippen LogP contribution in [0.5, 0.6) is 5.75 Å². The second-order valence-electron chi connectivity index (χ2n) is 5.99. The average Bonchev–Trinajstić information content (AvgIpc) is 2.89. The molecule has 0 aromatic heterocycles. The molecular formula is C19H18N2O5. The SMILES string of the molecule is CCc1ccccc1NC1CC(=O)N(c2ccc(O)c(C(=O)O)c2)C1=O. The highest BCUT2D eigenvalue weighted by atomic mass is 16.4. The highest BCUT2D eigenvalue weighted by Crippen LogP contribution is 2.29. The van der Waals surface area contributed by atoms with Gasteiger partial charge >= 0.3 is 5.97 Å². The van der Waals surface area contributed by atoms with Gasteiger partial charge in [0.25, 0.3) is 5.91 Å². The van der Waals surface area contributed by atoms with Crippen LogP contribution in [0.4, 0.5) is 11.4 Å². The minimum absolute atomic E-state index is 0.0276. The highest BCUT2D eigenvalue weighted by molar-refractivity contribution is 6.23. The molecule has 1 aliphatic heterocycles. The van der Waals surface area contributed by atoms with E-state index in [1.807, 2.05) is 31.2 Å². The number of hydrogen-bond acceptors (Lipinski definition) is 5. The van der Waals surface area contributed by atoms with Crippen LogP contribution < -0.4 is 10.2 Å². The van der Waals surface area contributed by atoms with E-state index in [0.29, 0.717) is 0 Å². The number of rotatable bonds is 5. The van der Waals surface area contributed by atoms with Gasteiger partial charge in [0.05, 0.1) is 12.1 Å². The number of para-hydroxylation sites is 1. The van der Waals surface area contributed by atoms with Crippen LogP contribution >= 0.6 is 0 Å². The molecule has 1 unspecified atom stereocenters. The fourth-order valence-corrected chi connectivity index (χ4v) is 3.01. The van der Waals surface area contributed by atoms with E-state index in [4.69, 9.17) is 5.11 Å². The summed E-state index contributed by atoms with van der Waals surface area (Å²) in [4.78, 5) is 37.2. The van der Waals surface area contributed by atoms with Crippen molar-refractivity contribution >= 4 is 29.2 Å². The molecule has 26 heavy (non-hydrogen) atoms. The van der Waals surface area contributed by atoms with Gasteiger partial charge in [-0.1, -0.05) is 25.1 Å². The number of phenols is 1. The smallest absolute Gasteiger partial charge is 0.339 e. The van der Waals surface area contributed by atoms with E-state index >= 15 is 0 Å². The molecule has 0 radical (unpaired) electrons. The molecule has 2 amide bonds. The molecule has 1 atom stereocenters. The number of nitrogens with one attached hydrogen (secondary N) is 1. The average molecular weight is 354 g/mol. The van der Waals surface area contributed by atoms with Crippen molar-refractivity contribution in [2.24, 2.45) is 0 Å². The van der Waals surface area contributed by atoms with Gasteiger partial charge in [-0.15, -0.1) is 0 Å². The summed E-state index contributed by atoms with van der Waals surface area (Å²) in [6.07, 6.45) is 0.752. The fourth-order valence-electron chi connectivity index (χ4n) is 3.01. The summed E-state index contributed by atoms with van der Waals surface area (Å²) in [5.74, 6) is -2.65. The first-order valence-electron chi connectivity index (χ1n) is 8.20. The van der Waals surface area contributed by atoms with Gasteiger partial charge in [0.15, 0.2) is 0 Å². The Hall–Kier alpha value is -3.35. The molecular weight excluding hydrogens is 336 g/mol. The zero-order chi connectivity index (χ0) is 18.8. The van der Waals surface area contributed by atoms with Gasteiger partial charge in [0, 0.05) is 5.69 Å². The quantitative estimate of drug-likeness (QED) is 0.712. The molecule has 134 valence electrons. The van der Waals surface area contributed by atoms with Crippen molar-refractivity contribution in [2.75, 3.05) is 10.2 Å². The van der Waals surface area contributed by atoms with Crippen LogP contribution in [0.2, 0.25) is 0 Å². The Labute approximate surface area is 149 Å². The highest BCUT2D eigenvalue weighted by Gasteiger charge is 2.40. The molecule has 0 aliphatic carbocycles. The number of aromatic carboxylic acids is 1. The van der Waals surface area contributed by atoms with Crippen LogP contribution in [0.3, 0.4) is 0 Å². The predicted octanol–water partition coefficient (Wildman–Crippen LogP) is 2.40. The Balaban J connectivity index is 1.88. The number of carboxylic acid groups (broad SMARTS) is 1. The zero-order valence-electron chi connectivity index (χ0n) is 14.1. The molecule has 0 saturated carbocycles. The van der Waals surface area contributed by atoms with Crippen LogP contribution in [0.1, 0.15) is 29.3 Å². The monoisotopic (exact) mass is 354 g/mol. The molecule has 0 spiro atoms. The van der Waals surface area contributed by atoms with Crippen LogP contribution in [0.15, 0.2) is 42.5 Å². The molecule has 1 heterocycles. The summed E-state index contributed by atoms with van der Waals surface area (Å²) < 4.78 is 0. The fraction of sp³-hybridized carbons (Fsp3) is 0.211. The molecule has 2 aromatic rings. The standard InChI is InChI=1S/C19H18N2O5/c1-2-11-5-3-4-6-14(11)20-15-10-17(23)21(18(15)24)12-7-8-16(22)13(9-12)19(25)26/h3-9,15,20,22H,2,10H2,1H3,(H,25,26). The van der Waals surface area contributed by atoms with Gasteiger partial charge in [0.2, 0.25) is 5.91 Å². The molecule has 7 heteroatoms. The third kappa shape index (κ3) is 3.11. The first-order valence-corrected chi connectivity index (χ1v) is 8.20. The van der Waals surface area contributed by atoms with Crippen molar-refractivity contribution in [3.05, 3.63) is 53.6 Å². The van der Waals surface area contributed by atoms with E-state index in [-0.39, 0.29) is 17.7 Å². The number of hydrogen-bond donors (Lipinski definition) is 3. The number of aryl methyl sites for hydroxylation is 1. The van der Waals surface area contributed by atoms with Crippen molar-refractivity contribution in [1.82, 2.24) is 0 Å². The second kappa shape index (κ2) is 6.87. The number of carbonyl (C=O) groups excluding carboxylic acids is 2. The number of benzene rings is 2. The zero-order valence-corrected chi connectivity index (χ0v) is 14.1. The number of aromatic hydroxyl groups is 1. The number of amides is 2. The van der Waals surface area contributed by atoms with E-state index in [0.717, 1.165) is 34.7 Å². The van der Waals surface area contributed by atoms with E-state index < -0.39 is 29.6 Å². The number of nitrogens with zero attached hydrogens (tertiary/aromatic N) is 1. The van der Waals surface area contributed by atoms with E-state index in [9.17, 15) is 19.5 Å². The predicted molar refractivity (Wildman–Crippen MR) is 95.4 cm³/mol. The summed E-state index contributed by atoms with van der Waals surface area (Å²) in [6, 6.07) is 10.4. The molecule has 0 bridgehead atoms. The van der Waals surface area contributed by atoms with Gasteiger partial charge in [-0.05, 0) is 36.2 Å². The molecule has 7 nitrogen and oxygen atoms in total. The summed E-state index contributed by atoms with van der Waals surface area (Å²) >= 11 is 0. The summed E-state index contributed by atoms with van der Waals surface area (Å²) in [7, 11) is 0. The topological polar surface area (TPSA) is 107 Å². The van der Waals surface area contributed by atoms with Gasteiger partial charge < -0.3 is 15.5 Å². The Morgan fingerprint density at radius 2 is 1.96 bits per heavy atom. The lowest BCUT2D eigenvalue weighted by molar-refractivity contribution is -0.121. The number of carboxylic acids is 1. The third-order valence-corrected chi connectivity index (χ3v) is 4.34. The third-order valence-electron chi connectivity index (χ3n) is 4.34. The van der Waals surface area contributed by atoms with Gasteiger partial charge in [-0.2, -0.15) is 0 Å². The van der Waals surface area contributed by atoms with Crippen LogP contribution in [0.25, 0.3) is 0 Å². The first-order chi connectivity index (χ1) is 12.4. The van der Waals surface area contributed by atoms with Crippen molar-refractivity contribution in [3.63, 3.8) is 0 Å². The summed E-state index contributed by atoms with van der Waals surface area (Å²) in [6.45, 7) is 2.00. The summed E-state index contributed by atoms with van der Waals surface area (Å²) in [5, 5.41) is 21.8. The molecule has 3 rings (SSSR count). The normalized spacial score (nSPS) is 16.8. The lowest BCUT2D eigenvalue weighted by atomic mass is 10.1. The first kappa shape index (κ1) is 17.5. The van der Waals surface area contributed by atoms with Crippen LogP contribution in [0, 0.1) is 0 Å². The van der Waals surface area contributed by atoms with Crippen molar-refractivity contribution in [2.45, 2.75) is 25.8 Å². The molecule has 1 aliphatic rings. The Bertz CT molecular complexity index is 893. The van der Waals surface area contributed by atoms with Gasteiger partial charge in [-0.3, -0.25) is 9.59 Å². The maximum absolute atomic E-state index is 12.7. The van der Waals surface area contributed by atoms with Crippen molar-refractivity contribution in [1.29, 1.82) is 0 Å². The van der Waals surface area contributed by atoms with E-state index in [2.05, 4.69) is 5.32 Å². The van der Waals surface area contributed by atoms with Crippen molar-refractivity contribution < 1.29 is 24.6 Å². The lowest BCUT2D eigenvalue weighted by Crippen LogP contribution is -2.35. The Morgan fingerprint density at radius 1 is 1.23 bits per heavy atom. The lowest BCUT2D eigenvalue weighted by Gasteiger charge is -2.18. The largest absolute Gasteiger partial charge is 0.507 e. The molecule has 1 fully saturated rings. The second-order valence-corrected chi connectivity index (χ2v) is 5.99. The number of carbonyl (C=O) groups is 3. The van der Waals surface area contributed by atoms with E-state index in [1.54, 1.807) is 0 Å². The van der Waals surface area contributed by atoms with Crippen molar-refractivity contribution in [3.8, 4) is 5.75 Å². The maximum atomic E-state index is 12.7. The number of anilines is 2. The minimum atomic E-state index is -1.34. The van der Waals surface area contributed by atoms with Gasteiger partial charge in [-0.25, -0.2) is 9.69 Å². The van der Waals surface area contributed by atoms with Gasteiger partial charge in [0.1, 0.15) is 17.4 Å². The molecule has 2 aromatic carbocycles. The van der Waals surface area contributed by atoms with Crippen LogP contribution in [-0.2, 0) is 16.0 Å². The van der Waals surface area contributed by atoms with E-state index in [1.165, 1.54) is 6.07 Å². The Kier molecular flexibility index (Phi) is 4.62.